The zero-order valence-electron chi connectivity index (χ0n) is 15.9. The first kappa shape index (κ1) is 21.9. The van der Waals surface area contributed by atoms with Gasteiger partial charge < -0.3 is 20.1 Å². The van der Waals surface area contributed by atoms with Gasteiger partial charge in [0.05, 0.1) is 14.2 Å². The zero-order chi connectivity index (χ0) is 17.4. The number of ether oxygens (including phenoxy) is 2. The first-order valence-electron chi connectivity index (χ1n) is 8.82. The summed E-state index contributed by atoms with van der Waals surface area (Å²) in [7, 11) is 5.13. The quantitative estimate of drug-likeness (QED) is 0.367. The molecule has 1 aliphatic rings. The lowest BCUT2D eigenvalue weighted by Gasteiger charge is -2.28. The fraction of sp³-hybridized carbons (Fsp3) is 0.632. The van der Waals surface area contributed by atoms with Crippen molar-refractivity contribution in [2.24, 2.45) is 10.4 Å². The van der Waals surface area contributed by atoms with Crippen molar-refractivity contribution in [1.82, 2.24) is 10.6 Å². The van der Waals surface area contributed by atoms with E-state index in [0.717, 1.165) is 29.6 Å². The van der Waals surface area contributed by atoms with Crippen LogP contribution in [0.3, 0.4) is 0 Å². The Labute approximate surface area is 169 Å². The predicted molar refractivity (Wildman–Crippen MR) is 114 cm³/mol. The maximum Gasteiger partial charge on any atom is 0.191 e. The largest absolute Gasteiger partial charge is 0.493 e. The lowest BCUT2D eigenvalue weighted by molar-refractivity contribution is 0.283. The summed E-state index contributed by atoms with van der Waals surface area (Å²) >= 11 is 0. The van der Waals surface area contributed by atoms with Crippen LogP contribution in [0, 0.1) is 5.41 Å². The Morgan fingerprint density at radius 1 is 1.16 bits per heavy atom. The molecule has 0 bridgehead atoms. The standard InChI is InChI=1S/C19H31N3O2.HI/c1-5-19(11-6-7-12-19)14-22-18(20-2)21-13-15-9-8-10-16(23-3)17(15)24-4;/h8-10H,5-7,11-14H2,1-4H3,(H2,20,21,22);1H. The average molecular weight is 461 g/mol. The Hall–Kier alpha value is -1.18. The summed E-state index contributed by atoms with van der Waals surface area (Å²) in [5.74, 6) is 2.35. The van der Waals surface area contributed by atoms with Crippen molar-refractivity contribution in [2.45, 2.75) is 45.6 Å². The van der Waals surface area contributed by atoms with Gasteiger partial charge in [-0.3, -0.25) is 4.99 Å². The first-order chi connectivity index (χ1) is 11.7. The molecule has 1 aliphatic carbocycles. The number of nitrogens with one attached hydrogen (secondary N) is 2. The molecule has 0 spiro atoms. The molecule has 0 amide bonds. The van der Waals surface area contributed by atoms with Gasteiger partial charge in [0, 0.05) is 25.7 Å². The van der Waals surface area contributed by atoms with Crippen LogP contribution in [0.4, 0.5) is 0 Å². The number of hydrogen-bond donors (Lipinski definition) is 2. The van der Waals surface area contributed by atoms with Gasteiger partial charge in [-0.15, -0.1) is 24.0 Å². The molecule has 0 saturated heterocycles. The van der Waals surface area contributed by atoms with E-state index in [2.05, 4.69) is 22.5 Å². The smallest absolute Gasteiger partial charge is 0.191 e. The highest BCUT2D eigenvalue weighted by atomic mass is 127. The van der Waals surface area contributed by atoms with Crippen molar-refractivity contribution in [3.05, 3.63) is 23.8 Å². The molecule has 0 atom stereocenters. The Bertz CT molecular complexity index is 558. The number of methoxy groups -OCH3 is 2. The van der Waals surface area contributed by atoms with E-state index in [0.29, 0.717) is 12.0 Å². The molecule has 6 heteroatoms. The summed E-state index contributed by atoms with van der Waals surface area (Å²) in [5.41, 5.74) is 1.48. The second-order valence-corrected chi connectivity index (χ2v) is 6.49. The van der Waals surface area contributed by atoms with Crippen LogP contribution in [0.25, 0.3) is 0 Å². The molecule has 0 radical (unpaired) electrons. The molecule has 0 unspecified atom stereocenters. The third kappa shape index (κ3) is 5.66. The van der Waals surface area contributed by atoms with Gasteiger partial charge in [0.25, 0.3) is 0 Å². The van der Waals surface area contributed by atoms with Gasteiger partial charge >= 0.3 is 0 Å². The average Bonchev–Trinajstić information content (AvgIpc) is 3.10. The predicted octanol–water partition coefficient (Wildman–Crippen LogP) is 3.96. The van der Waals surface area contributed by atoms with Crippen LogP contribution < -0.4 is 20.1 Å². The zero-order valence-corrected chi connectivity index (χ0v) is 18.2. The van der Waals surface area contributed by atoms with E-state index in [4.69, 9.17) is 9.47 Å². The molecule has 0 aliphatic heterocycles. The molecule has 2 N–H and O–H groups in total. The van der Waals surface area contributed by atoms with Crippen molar-refractivity contribution in [3.63, 3.8) is 0 Å². The Morgan fingerprint density at radius 2 is 1.88 bits per heavy atom. The van der Waals surface area contributed by atoms with E-state index >= 15 is 0 Å². The third-order valence-electron chi connectivity index (χ3n) is 5.20. The maximum atomic E-state index is 5.48. The van der Waals surface area contributed by atoms with Gasteiger partial charge in [-0.05, 0) is 30.7 Å². The molecule has 1 saturated carbocycles. The normalized spacial score (nSPS) is 16.1. The highest BCUT2D eigenvalue weighted by molar-refractivity contribution is 14.0. The number of rotatable bonds is 7. The summed E-state index contributed by atoms with van der Waals surface area (Å²) in [4.78, 5) is 4.35. The number of hydrogen-bond acceptors (Lipinski definition) is 3. The molecular weight excluding hydrogens is 429 g/mol. The van der Waals surface area contributed by atoms with Gasteiger partial charge in [-0.1, -0.05) is 31.9 Å². The molecule has 2 rings (SSSR count). The summed E-state index contributed by atoms with van der Waals surface area (Å²) in [6.07, 6.45) is 6.56. The number of benzene rings is 1. The van der Waals surface area contributed by atoms with Crippen molar-refractivity contribution in [2.75, 3.05) is 27.8 Å². The van der Waals surface area contributed by atoms with Crippen molar-refractivity contribution < 1.29 is 9.47 Å². The van der Waals surface area contributed by atoms with Crippen LogP contribution in [0.2, 0.25) is 0 Å². The number of nitrogens with zero attached hydrogens (tertiary/aromatic N) is 1. The van der Waals surface area contributed by atoms with Crippen LogP contribution in [0.5, 0.6) is 11.5 Å². The van der Waals surface area contributed by atoms with Crippen molar-refractivity contribution in [1.29, 1.82) is 0 Å². The number of halogens is 1. The molecular formula is C19H32IN3O2. The second kappa shape index (κ2) is 10.7. The Balaban J connectivity index is 0.00000312. The van der Waals surface area contributed by atoms with E-state index in [-0.39, 0.29) is 24.0 Å². The monoisotopic (exact) mass is 461 g/mol. The highest BCUT2D eigenvalue weighted by Crippen LogP contribution is 2.40. The summed E-state index contributed by atoms with van der Waals surface area (Å²) in [5, 5.41) is 6.89. The minimum atomic E-state index is 0. The van der Waals surface area contributed by atoms with Gasteiger partial charge in [-0.2, -0.15) is 0 Å². The molecule has 25 heavy (non-hydrogen) atoms. The van der Waals surface area contributed by atoms with Gasteiger partial charge in [-0.25, -0.2) is 0 Å². The first-order valence-corrected chi connectivity index (χ1v) is 8.82. The fourth-order valence-electron chi connectivity index (χ4n) is 3.54. The van der Waals surface area contributed by atoms with E-state index in [1.165, 1.54) is 32.1 Å². The lowest BCUT2D eigenvalue weighted by atomic mass is 9.83. The lowest BCUT2D eigenvalue weighted by Crippen LogP contribution is -2.42. The molecule has 1 aromatic carbocycles. The van der Waals surface area contributed by atoms with Crippen LogP contribution in [0.15, 0.2) is 23.2 Å². The van der Waals surface area contributed by atoms with E-state index in [1.54, 1.807) is 14.2 Å². The molecule has 0 heterocycles. The fourth-order valence-corrected chi connectivity index (χ4v) is 3.54. The summed E-state index contributed by atoms with van der Waals surface area (Å²) < 4.78 is 10.8. The maximum absolute atomic E-state index is 5.48. The van der Waals surface area contributed by atoms with Crippen molar-refractivity contribution in [3.8, 4) is 11.5 Å². The number of aliphatic imine (C=N–C) groups is 1. The molecule has 1 aromatic rings. The SMILES string of the molecule is CCC1(CNC(=NC)NCc2cccc(OC)c2OC)CCCC1.I. The van der Waals surface area contributed by atoms with E-state index < -0.39 is 0 Å². The van der Waals surface area contributed by atoms with Gasteiger partial charge in [0.15, 0.2) is 17.5 Å². The van der Waals surface area contributed by atoms with Gasteiger partial charge in [0.1, 0.15) is 0 Å². The van der Waals surface area contributed by atoms with Gasteiger partial charge in [0.2, 0.25) is 0 Å². The van der Waals surface area contributed by atoms with Crippen molar-refractivity contribution >= 4 is 29.9 Å². The van der Waals surface area contributed by atoms with Crippen LogP contribution in [-0.4, -0.2) is 33.8 Å². The Morgan fingerprint density at radius 3 is 2.44 bits per heavy atom. The molecule has 142 valence electrons. The third-order valence-corrected chi connectivity index (χ3v) is 5.20. The van der Waals surface area contributed by atoms with Crippen LogP contribution >= 0.6 is 24.0 Å². The summed E-state index contributed by atoms with van der Waals surface area (Å²) in [6.45, 7) is 3.92. The topological polar surface area (TPSA) is 54.9 Å². The second-order valence-electron chi connectivity index (χ2n) is 6.49. The molecule has 5 nitrogen and oxygen atoms in total. The molecule has 1 fully saturated rings. The highest BCUT2D eigenvalue weighted by Gasteiger charge is 2.31. The number of para-hydroxylation sites is 1. The Kier molecular flexibility index (Phi) is 9.38. The summed E-state index contributed by atoms with van der Waals surface area (Å²) in [6, 6.07) is 5.91. The minimum absolute atomic E-state index is 0. The van der Waals surface area contributed by atoms with E-state index in [9.17, 15) is 0 Å². The number of guanidine groups is 1. The minimum Gasteiger partial charge on any atom is -0.493 e. The van der Waals surface area contributed by atoms with E-state index in [1.807, 2.05) is 25.2 Å². The van der Waals surface area contributed by atoms with Crippen LogP contribution in [0.1, 0.15) is 44.6 Å². The van der Waals surface area contributed by atoms with Crippen LogP contribution in [-0.2, 0) is 6.54 Å². The molecule has 0 aromatic heterocycles.